The van der Waals surface area contributed by atoms with Gasteiger partial charge in [0.2, 0.25) is 0 Å². The SMILES string of the molecule is CC[C@@H](c1nnnn1C1CCCCC1)N(CCc1ccc(OC)c(OC)c1)Cc1cc2ccc(C)cc2[nH]c1=O. The highest BCUT2D eigenvalue weighted by atomic mass is 16.5. The quantitative estimate of drug-likeness (QED) is 0.265. The smallest absolute Gasteiger partial charge is 0.252 e. The van der Waals surface area contributed by atoms with Crippen molar-refractivity contribution in [3.8, 4) is 11.5 Å². The third kappa shape index (κ3) is 6.04. The fraction of sp³-hybridized carbons (Fsp3) is 0.484. The molecule has 0 saturated heterocycles. The van der Waals surface area contributed by atoms with Gasteiger partial charge in [0.1, 0.15) is 0 Å². The summed E-state index contributed by atoms with van der Waals surface area (Å²) in [5.41, 5.74) is 3.79. The van der Waals surface area contributed by atoms with Gasteiger partial charge in [0.25, 0.3) is 5.56 Å². The van der Waals surface area contributed by atoms with Crippen LogP contribution in [0.25, 0.3) is 10.9 Å². The molecule has 1 aliphatic rings. The molecule has 40 heavy (non-hydrogen) atoms. The molecule has 0 amide bonds. The summed E-state index contributed by atoms with van der Waals surface area (Å²) in [6.45, 7) is 5.41. The van der Waals surface area contributed by atoms with Crippen molar-refractivity contribution in [3.05, 3.63) is 75.3 Å². The Morgan fingerprint density at radius 3 is 2.60 bits per heavy atom. The maximum absolute atomic E-state index is 13.3. The van der Waals surface area contributed by atoms with Crippen molar-refractivity contribution < 1.29 is 9.47 Å². The molecule has 1 N–H and O–H groups in total. The van der Waals surface area contributed by atoms with Gasteiger partial charge in [0.15, 0.2) is 17.3 Å². The van der Waals surface area contributed by atoms with E-state index in [4.69, 9.17) is 9.47 Å². The summed E-state index contributed by atoms with van der Waals surface area (Å²) in [4.78, 5) is 18.7. The van der Waals surface area contributed by atoms with E-state index in [1.165, 1.54) is 19.3 Å². The summed E-state index contributed by atoms with van der Waals surface area (Å²) in [7, 11) is 3.30. The Morgan fingerprint density at radius 1 is 1.05 bits per heavy atom. The lowest BCUT2D eigenvalue weighted by Crippen LogP contribution is -2.35. The molecule has 2 aromatic heterocycles. The highest BCUT2D eigenvalue weighted by Crippen LogP contribution is 2.33. The lowest BCUT2D eigenvalue weighted by Gasteiger charge is -2.32. The minimum Gasteiger partial charge on any atom is -0.493 e. The Balaban J connectivity index is 1.48. The van der Waals surface area contributed by atoms with Crippen LogP contribution in [0.2, 0.25) is 0 Å². The number of H-pyrrole nitrogens is 1. The summed E-state index contributed by atoms with van der Waals surface area (Å²) >= 11 is 0. The Labute approximate surface area is 235 Å². The standard InChI is InChI=1S/C31H40N6O3/c1-5-27(30-33-34-35-37(30)25-9-7-6-8-10-25)36(16-15-22-12-14-28(39-3)29(18-22)40-4)20-24-19-23-13-11-21(2)17-26(23)32-31(24)38/h11-14,17-19,25,27H,5-10,15-16,20H2,1-4H3,(H,32,38)/t27-/m0/s1. The molecular weight excluding hydrogens is 504 g/mol. The third-order valence-corrected chi connectivity index (χ3v) is 8.15. The minimum absolute atomic E-state index is 0.0369. The number of hydrogen-bond donors (Lipinski definition) is 1. The molecule has 0 spiro atoms. The fourth-order valence-electron chi connectivity index (χ4n) is 5.96. The van der Waals surface area contributed by atoms with E-state index in [1.54, 1.807) is 14.2 Å². The van der Waals surface area contributed by atoms with Gasteiger partial charge in [-0.1, -0.05) is 44.4 Å². The van der Waals surface area contributed by atoms with Crippen LogP contribution in [-0.4, -0.2) is 50.9 Å². The first-order valence-electron chi connectivity index (χ1n) is 14.4. The van der Waals surface area contributed by atoms with Crippen LogP contribution in [0.5, 0.6) is 11.5 Å². The number of aryl methyl sites for hydroxylation is 1. The van der Waals surface area contributed by atoms with Crippen molar-refractivity contribution in [1.82, 2.24) is 30.1 Å². The molecule has 0 aliphatic heterocycles. The number of aromatic amines is 1. The number of fused-ring (bicyclic) bond motifs is 1. The van der Waals surface area contributed by atoms with Crippen LogP contribution in [0.3, 0.4) is 0 Å². The molecule has 1 atom stereocenters. The zero-order valence-corrected chi connectivity index (χ0v) is 24.0. The van der Waals surface area contributed by atoms with Gasteiger partial charge in [-0.15, -0.1) is 5.10 Å². The maximum atomic E-state index is 13.3. The molecule has 9 heteroatoms. The number of pyridine rings is 1. The number of nitrogens with zero attached hydrogens (tertiary/aromatic N) is 5. The largest absolute Gasteiger partial charge is 0.493 e. The Morgan fingerprint density at radius 2 is 1.85 bits per heavy atom. The van der Waals surface area contributed by atoms with E-state index in [-0.39, 0.29) is 11.6 Å². The van der Waals surface area contributed by atoms with Crippen molar-refractivity contribution >= 4 is 10.9 Å². The number of ether oxygens (including phenoxy) is 2. The maximum Gasteiger partial charge on any atom is 0.252 e. The number of methoxy groups -OCH3 is 2. The molecule has 1 saturated carbocycles. The summed E-state index contributed by atoms with van der Waals surface area (Å²) < 4.78 is 13.0. The van der Waals surface area contributed by atoms with E-state index in [1.807, 2.05) is 31.2 Å². The number of tetrazole rings is 1. The Hall–Kier alpha value is -3.72. The molecule has 9 nitrogen and oxygen atoms in total. The van der Waals surface area contributed by atoms with Crippen LogP contribution in [0, 0.1) is 6.92 Å². The summed E-state index contributed by atoms with van der Waals surface area (Å²) in [5, 5.41) is 14.2. The number of hydrogen-bond acceptors (Lipinski definition) is 7. The molecule has 2 aromatic carbocycles. The molecule has 2 heterocycles. The van der Waals surface area contributed by atoms with Crippen molar-refractivity contribution in [3.63, 3.8) is 0 Å². The van der Waals surface area contributed by atoms with Gasteiger partial charge >= 0.3 is 0 Å². The molecular formula is C31H40N6O3. The second-order valence-corrected chi connectivity index (χ2v) is 10.8. The average molecular weight is 545 g/mol. The van der Waals surface area contributed by atoms with Crippen LogP contribution in [0.1, 0.15) is 80.0 Å². The average Bonchev–Trinajstić information content (AvgIpc) is 3.46. The van der Waals surface area contributed by atoms with E-state index in [0.717, 1.165) is 65.6 Å². The van der Waals surface area contributed by atoms with Crippen LogP contribution >= 0.6 is 0 Å². The highest BCUT2D eigenvalue weighted by molar-refractivity contribution is 5.79. The Kier molecular flexibility index (Phi) is 8.79. The lowest BCUT2D eigenvalue weighted by atomic mass is 9.95. The molecule has 0 radical (unpaired) electrons. The van der Waals surface area contributed by atoms with Gasteiger partial charge in [0.05, 0.1) is 26.3 Å². The van der Waals surface area contributed by atoms with Crippen molar-refractivity contribution in [1.29, 1.82) is 0 Å². The molecule has 0 bridgehead atoms. The molecule has 4 aromatic rings. The molecule has 0 unspecified atom stereocenters. The van der Waals surface area contributed by atoms with Gasteiger partial charge in [-0.2, -0.15) is 0 Å². The second kappa shape index (κ2) is 12.6. The van der Waals surface area contributed by atoms with Gasteiger partial charge in [-0.25, -0.2) is 4.68 Å². The van der Waals surface area contributed by atoms with Crippen molar-refractivity contribution in [2.45, 2.75) is 77.4 Å². The monoisotopic (exact) mass is 544 g/mol. The lowest BCUT2D eigenvalue weighted by molar-refractivity contribution is 0.165. The minimum atomic E-state index is -0.0593. The van der Waals surface area contributed by atoms with E-state index in [2.05, 4.69) is 55.2 Å². The van der Waals surface area contributed by atoms with E-state index >= 15 is 0 Å². The molecule has 1 aliphatic carbocycles. The molecule has 5 rings (SSSR count). The summed E-state index contributed by atoms with van der Waals surface area (Å²) in [6, 6.07) is 14.5. The van der Waals surface area contributed by atoms with Crippen LogP contribution in [0.4, 0.5) is 0 Å². The predicted molar refractivity (Wildman–Crippen MR) is 156 cm³/mol. The van der Waals surface area contributed by atoms with Crippen LogP contribution < -0.4 is 15.0 Å². The number of benzene rings is 2. The number of aromatic nitrogens is 5. The predicted octanol–water partition coefficient (Wildman–Crippen LogP) is 5.54. The van der Waals surface area contributed by atoms with E-state index in [9.17, 15) is 4.79 Å². The van der Waals surface area contributed by atoms with E-state index < -0.39 is 0 Å². The molecule has 212 valence electrons. The fourth-order valence-corrected chi connectivity index (χ4v) is 5.96. The van der Waals surface area contributed by atoms with Gasteiger partial charge < -0.3 is 14.5 Å². The van der Waals surface area contributed by atoms with Gasteiger partial charge in [-0.05, 0) is 83.8 Å². The van der Waals surface area contributed by atoms with Gasteiger partial charge in [-0.3, -0.25) is 9.69 Å². The van der Waals surface area contributed by atoms with Gasteiger partial charge in [0, 0.05) is 24.2 Å². The summed E-state index contributed by atoms with van der Waals surface area (Å²) in [6.07, 6.45) is 7.47. The highest BCUT2D eigenvalue weighted by Gasteiger charge is 2.29. The first kappa shape index (κ1) is 27.8. The molecule has 1 fully saturated rings. The van der Waals surface area contributed by atoms with Crippen LogP contribution in [-0.2, 0) is 13.0 Å². The van der Waals surface area contributed by atoms with Crippen molar-refractivity contribution in [2.75, 3.05) is 20.8 Å². The normalized spacial score (nSPS) is 15.0. The summed E-state index contributed by atoms with van der Waals surface area (Å²) in [5.74, 6) is 2.30. The Bertz CT molecular complexity index is 1490. The zero-order chi connectivity index (χ0) is 28.1. The van der Waals surface area contributed by atoms with E-state index in [0.29, 0.717) is 24.1 Å². The topological polar surface area (TPSA) is 98.2 Å². The number of nitrogens with one attached hydrogen (secondary N) is 1. The third-order valence-electron chi connectivity index (χ3n) is 8.15. The second-order valence-electron chi connectivity index (χ2n) is 10.8. The van der Waals surface area contributed by atoms with Crippen LogP contribution in [0.15, 0.2) is 47.3 Å². The van der Waals surface area contributed by atoms with Crippen molar-refractivity contribution in [2.24, 2.45) is 0 Å². The zero-order valence-electron chi connectivity index (χ0n) is 24.0. The number of rotatable bonds is 11. The first-order valence-corrected chi connectivity index (χ1v) is 14.4. The first-order chi connectivity index (χ1) is 19.5.